The van der Waals surface area contributed by atoms with E-state index in [1.54, 1.807) is 0 Å². The molecule has 1 aliphatic heterocycles. The lowest BCUT2D eigenvalue weighted by Crippen LogP contribution is -2.44. The van der Waals surface area contributed by atoms with Crippen LogP contribution in [0.5, 0.6) is 11.5 Å². The number of hydrogen-bond donors (Lipinski definition) is 3. The van der Waals surface area contributed by atoms with Gasteiger partial charge in [0.2, 0.25) is 0 Å². The van der Waals surface area contributed by atoms with Gasteiger partial charge in [-0.2, -0.15) is 0 Å². The number of rotatable bonds is 7. The summed E-state index contributed by atoms with van der Waals surface area (Å²) in [4.78, 5) is 13.8. The van der Waals surface area contributed by atoms with E-state index >= 15 is 0 Å². The molecule has 0 unspecified atom stereocenters. The van der Waals surface area contributed by atoms with Crippen molar-refractivity contribution in [1.29, 1.82) is 0 Å². The molecule has 8 nitrogen and oxygen atoms in total. The molecule has 0 saturated carbocycles. The van der Waals surface area contributed by atoms with Crippen LogP contribution in [0.15, 0.2) is 53.4 Å². The number of piperidine rings is 1. The van der Waals surface area contributed by atoms with Crippen LogP contribution in [0.25, 0.3) is 0 Å². The Morgan fingerprint density at radius 3 is 2.24 bits per heavy atom. The number of nitrogens with one attached hydrogen (secondary N) is 2. The quantitative estimate of drug-likeness (QED) is 0.466. The van der Waals surface area contributed by atoms with Gasteiger partial charge < -0.3 is 10.1 Å². The molecule has 3 rings (SSSR count). The molecule has 0 radical (unpaired) electrons. The minimum absolute atomic E-state index is 0.0281. The van der Waals surface area contributed by atoms with Crippen LogP contribution in [0.4, 0.5) is 4.39 Å². The fourth-order valence-electron chi connectivity index (χ4n) is 2.96. The van der Waals surface area contributed by atoms with Gasteiger partial charge >= 0.3 is 0 Å². The fourth-order valence-corrected chi connectivity index (χ4v) is 3.89. The predicted octanol–water partition coefficient (Wildman–Crippen LogP) is 2.42. The van der Waals surface area contributed by atoms with Crippen molar-refractivity contribution in [3.05, 3.63) is 54.3 Å². The van der Waals surface area contributed by atoms with Crippen LogP contribution in [0.3, 0.4) is 0 Å². The van der Waals surface area contributed by atoms with Crippen molar-refractivity contribution in [2.24, 2.45) is 5.92 Å². The number of sulfonamides is 1. The number of carbonyl (C=O) groups is 1. The van der Waals surface area contributed by atoms with Gasteiger partial charge in [-0.05, 0) is 80.4 Å². The van der Waals surface area contributed by atoms with Crippen LogP contribution >= 0.6 is 0 Å². The molecule has 1 heterocycles. The average molecular weight is 423 g/mol. The molecule has 0 atom stereocenters. The number of ether oxygens (including phenoxy) is 1. The Kier molecular flexibility index (Phi) is 6.80. The van der Waals surface area contributed by atoms with Gasteiger partial charge in [-0.25, -0.2) is 12.8 Å². The van der Waals surface area contributed by atoms with Crippen LogP contribution in [-0.4, -0.2) is 37.8 Å². The first-order chi connectivity index (χ1) is 13.8. The molecular formula is C19H22FN3O5S. The third kappa shape index (κ3) is 5.97. The van der Waals surface area contributed by atoms with E-state index in [1.165, 1.54) is 48.5 Å². The summed E-state index contributed by atoms with van der Waals surface area (Å²) in [5, 5.41) is 13.0. The molecule has 0 spiro atoms. The highest BCUT2D eigenvalue weighted by Gasteiger charge is 2.24. The molecule has 0 aliphatic carbocycles. The highest BCUT2D eigenvalue weighted by Crippen LogP contribution is 2.23. The van der Waals surface area contributed by atoms with E-state index in [0.717, 1.165) is 25.9 Å². The molecule has 1 fully saturated rings. The number of amides is 1. The minimum atomic E-state index is -4.15. The molecule has 2 aromatic rings. The van der Waals surface area contributed by atoms with Gasteiger partial charge in [0.15, 0.2) is 0 Å². The predicted molar refractivity (Wildman–Crippen MR) is 102 cm³/mol. The first-order valence-electron chi connectivity index (χ1n) is 9.12. The zero-order valence-electron chi connectivity index (χ0n) is 15.5. The molecule has 29 heavy (non-hydrogen) atoms. The van der Waals surface area contributed by atoms with Crippen molar-refractivity contribution in [2.75, 3.05) is 13.1 Å². The second kappa shape index (κ2) is 9.31. The molecule has 156 valence electrons. The smallest absolute Gasteiger partial charge is 0.262 e. The van der Waals surface area contributed by atoms with E-state index in [-0.39, 0.29) is 22.4 Å². The van der Waals surface area contributed by atoms with Crippen molar-refractivity contribution in [3.63, 3.8) is 0 Å². The van der Waals surface area contributed by atoms with E-state index in [0.29, 0.717) is 11.5 Å². The largest absolute Gasteiger partial charge is 0.457 e. The molecule has 3 N–H and O–H groups in total. The van der Waals surface area contributed by atoms with Gasteiger partial charge in [0.05, 0.1) is 4.90 Å². The topological polar surface area (TPSA) is 108 Å². The van der Waals surface area contributed by atoms with Crippen molar-refractivity contribution in [1.82, 2.24) is 15.3 Å². The lowest BCUT2D eigenvalue weighted by molar-refractivity contribution is -0.173. The van der Waals surface area contributed by atoms with Crippen molar-refractivity contribution >= 4 is 15.9 Å². The van der Waals surface area contributed by atoms with Crippen LogP contribution in [0.2, 0.25) is 0 Å². The second-order valence-corrected chi connectivity index (χ2v) is 8.39. The molecule has 1 aliphatic rings. The average Bonchev–Trinajstić information content (AvgIpc) is 2.70. The number of hydrogen-bond acceptors (Lipinski definition) is 6. The number of carbonyl (C=O) groups excluding carboxylic acids is 1. The van der Waals surface area contributed by atoms with Crippen molar-refractivity contribution < 1.29 is 27.5 Å². The Labute approximate surface area is 168 Å². The highest BCUT2D eigenvalue weighted by molar-refractivity contribution is 7.89. The van der Waals surface area contributed by atoms with Crippen LogP contribution < -0.4 is 14.9 Å². The maximum atomic E-state index is 12.9. The SMILES string of the molecule is O=C(CC1CCNCC1)N(O)NS(=O)(=O)c1ccc(Oc2ccc(F)cc2)cc1. The summed E-state index contributed by atoms with van der Waals surface area (Å²) in [5.41, 5.74) is 0. The highest BCUT2D eigenvalue weighted by atomic mass is 32.2. The zero-order valence-corrected chi connectivity index (χ0v) is 16.4. The van der Waals surface area contributed by atoms with E-state index in [2.05, 4.69) is 5.32 Å². The molecule has 1 amide bonds. The summed E-state index contributed by atoms with van der Waals surface area (Å²) < 4.78 is 43.2. The lowest BCUT2D eigenvalue weighted by Gasteiger charge is -2.23. The first-order valence-corrected chi connectivity index (χ1v) is 10.6. The summed E-state index contributed by atoms with van der Waals surface area (Å²) in [7, 11) is -4.15. The van der Waals surface area contributed by atoms with E-state index < -0.39 is 21.7 Å². The Bertz CT molecular complexity index is 929. The fraction of sp³-hybridized carbons (Fsp3) is 0.316. The normalized spacial score (nSPS) is 15.1. The van der Waals surface area contributed by atoms with Gasteiger partial charge in [0.1, 0.15) is 17.3 Å². The number of benzene rings is 2. The monoisotopic (exact) mass is 423 g/mol. The summed E-state index contributed by atoms with van der Waals surface area (Å²) in [6.07, 6.45) is 1.65. The number of nitrogens with zero attached hydrogens (tertiary/aromatic N) is 1. The number of halogens is 1. The maximum Gasteiger partial charge on any atom is 0.262 e. The Morgan fingerprint density at radius 1 is 1.10 bits per heavy atom. The lowest BCUT2D eigenvalue weighted by atomic mass is 9.94. The van der Waals surface area contributed by atoms with E-state index in [4.69, 9.17) is 4.74 Å². The molecular weight excluding hydrogens is 401 g/mol. The molecule has 0 bridgehead atoms. The van der Waals surface area contributed by atoms with Gasteiger partial charge in [-0.15, -0.1) is 5.17 Å². The Balaban J connectivity index is 1.59. The van der Waals surface area contributed by atoms with Crippen LogP contribution in [-0.2, 0) is 14.8 Å². The zero-order chi connectivity index (χ0) is 20.9. The first kappa shape index (κ1) is 21.2. The van der Waals surface area contributed by atoms with Gasteiger partial charge in [-0.3, -0.25) is 10.0 Å². The van der Waals surface area contributed by atoms with E-state index in [9.17, 15) is 22.8 Å². The van der Waals surface area contributed by atoms with Gasteiger partial charge in [0, 0.05) is 6.42 Å². The molecule has 1 saturated heterocycles. The summed E-state index contributed by atoms with van der Waals surface area (Å²) in [6, 6.07) is 10.7. The Hall–Kier alpha value is -2.53. The molecule has 0 aromatic heterocycles. The number of hydroxylamine groups is 1. The summed E-state index contributed by atoms with van der Waals surface area (Å²) >= 11 is 0. The van der Waals surface area contributed by atoms with E-state index in [1.807, 2.05) is 4.83 Å². The molecule has 10 heteroatoms. The van der Waals surface area contributed by atoms with Gasteiger partial charge in [-0.1, -0.05) is 4.83 Å². The van der Waals surface area contributed by atoms with Crippen molar-refractivity contribution in [2.45, 2.75) is 24.2 Å². The van der Waals surface area contributed by atoms with Gasteiger partial charge in [0.25, 0.3) is 15.9 Å². The third-order valence-corrected chi connectivity index (χ3v) is 5.85. The van der Waals surface area contributed by atoms with Crippen LogP contribution in [0, 0.1) is 11.7 Å². The standard InChI is InChI=1S/C19H22FN3O5S/c20-15-1-3-16(4-2-15)28-17-5-7-18(8-6-17)29(26,27)22-23(25)19(24)13-14-9-11-21-12-10-14/h1-8,14,21-22,25H,9-13H2. The minimum Gasteiger partial charge on any atom is -0.457 e. The summed E-state index contributed by atoms with van der Waals surface area (Å²) in [6.45, 7) is 1.59. The second-order valence-electron chi connectivity index (χ2n) is 6.73. The summed E-state index contributed by atoms with van der Waals surface area (Å²) in [5.74, 6) is -0.265. The number of hydrazine groups is 1. The third-order valence-electron chi connectivity index (χ3n) is 4.55. The maximum absolute atomic E-state index is 12.9. The Morgan fingerprint density at radius 2 is 1.66 bits per heavy atom. The van der Waals surface area contributed by atoms with Crippen molar-refractivity contribution in [3.8, 4) is 11.5 Å². The van der Waals surface area contributed by atoms with Crippen LogP contribution in [0.1, 0.15) is 19.3 Å². The molecule has 2 aromatic carbocycles.